The van der Waals surface area contributed by atoms with E-state index in [1.807, 2.05) is 36.2 Å². The molecule has 0 aliphatic heterocycles. The van der Waals surface area contributed by atoms with Gasteiger partial charge in [-0.3, -0.25) is 4.99 Å². The summed E-state index contributed by atoms with van der Waals surface area (Å²) in [6.07, 6.45) is 1.00. The third kappa shape index (κ3) is 3.98. The predicted octanol–water partition coefficient (Wildman–Crippen LogP) is 1.85. The largest absolute Gasteiger partial charge is 0.496 e. The second-order valence-electron chi connectivity index (χ2n) is 3.91. The molecule has 4 nitrogen and oxygen atoms in total. The van der Waals surface area contributed by atoms with E-state index >= 15 is 0 Å². The summed E-state index contributed by atoms with van der Waals surface area (Å²) in [6.45, 7) is 3.54. The molecule has 0 atom stereocenters. The molecule has 1 aromatic carbocycles. The van der Waals surface area contributed by atoms with Crippen LogP contribution < -0.4 is 10.5 Å². The second-order valence-corrected chi connectivity index (χ2v) is 3.91. The van der Waals surface area contributed by atoms with Gasteiger partial charge in [0, 0.05) is 25.7 Å². The summed E-state index contributed by atoms with van der Waals surface area (Å²) in [5.41, 5.74) is 6.98. The lowest BCUT2D eigenvalue weighted by Crippen LogP contribution is -2.33. The van der Waals surface area contributed by atoms with Gasteiger partial charge in [0.25, 0.3) is 0 Å². The van der Waals surface area contributed by atoms with Crippen molar-refractivity contribution in [2.45, 2.75) is 19.9 Å². The van der Waals surface area contributed by atoms with Crippen LogP contribution >= 0.6 is 0 Å². The van der Waals surface area contributed by atoms with E-state index in [9.17, 15) is 0 Å². The Morgan fingerprint density at radius 1 is 1.41 bits per heavy atom. The molecule has 4 heteroatoms. The van der Waals surface area contributed by atoms with Gasteiger partial charge in [-0.1, -0.05) is 25.1 Å². The van der Waals surface area contributed by atoms with Gasteiger partial charge in [-0.05, 0) is 12.5 Å². The van der Waals surface area contributed by atoms with Crippen molar-refractivity contribution in [3.63, 3.8) is 0 Å². The van der Waals surface area contributed by atoms with Crippen LogP contribution in [0.25, 0.3) is 0 Å². The Labute approximate surface area is 103 Å². The zero-order chi connectivity index (χ0) is 12.7. The van der Waals surface area contributed by atoms with Crippen molar-refractivity contribution >= 4 is 5.96 Å². The van der Waals surface area contributed by atoms with E-state index < -0.39 is 0 Å². The van der Waals surface area contributed by atoms with Crippen molar-refractivity contribution in [3.8, 4) is 5.75 Å². The molecule has 0 amide bonds. The molecular formula is C13H21N3O. The molecule has 0 fully saturated rings. The molecule has 1 rings (SSSR count). The van der Waals surface area contributed by atoms with E-state index in [-0.39, 0.29) is 0 Å². The summed E-state index contributed by atoms with van der Waals surface area (Å²) < 4.78 is 5.30. The first-order chi connectivity index (χ1) is 8.19. The minimum Gasteiger partial charge on any atom is -0.496 e. The standard InChI is InChI=1S/C13H21N3O/c1-4-9-15-13(14)16(2)10-11-7-5-6-8-12(11)17-3/h5-8H,4,9-10H2,1-3H3,(H2,14,15). The van der Waals surface area contributed by atoms with Gasteiger partial charge in [0.2, 0.25) is 0 Å². The second kappa shape index (κ2) is 6.78. The number of benzene rings is 1. The SMILES string of the molecule is CCCN=C(N)N(C)Cc1ccccc1OC. The molecule has 94 valence electrons. The molecule has 2 N–H and O–H groups in total. The van der Waals surface area contributed by atoms with Gasteiger partial charge in [-0.15, -0.1) is 0 Å². The Bertz CT molecular complexity index is 377. The lowest BCUT2D eigenvalue weighted by molar-refractivity contribution is 0.397. The monoisotopic (exact) mass is 235 g/mol. The number of methoxy groups -OCH3 is 1. The fourth-order valence-electron chi connectivity index (χ4n) is 1.52. The molecule has 0 heterocycles. The number of rotatable bonds is 5. The van der Waals surface area contributed by atoms with Crippen LogP contribution in [-0.2, 0) is 6.54 Å². The zero-order valence-corrected chi connectivity index (χ0v) is 10.8. The molecule has 0 aromatic heterocycles. The van der Waals surface area contributed by atoms with Crippen LogP contribution in [0.1, 0.15) is 18.9 Å². The van der Waals surface area contributed by atoms with Crippen molar-refractivity contribution < 1.29 is 4.74 Å². The minimum atomic E-state index is 0.567. The lowest BCUT2D eigenvalue weighted by Gasteiger charge is -2.19. The number of para-hydroxylation sites is 1. The van der Waals surface area contributed by atoms with Crippen LogP contribution in [0.3, 0.4) is 0 Å². The Hall–Kier alpha value is -1.71. The summed E-state index contributed by atoms with van der Waals surface area (Å²) >= 11 is 0. The van der Waals surface area contributed by atoms with Crippen LogP contribution in [0, 0.1) is 0 Å². The number of nitrogens with two attached hydrogens (primary N) is 1. The maximum atomic E-state index is 5.88. The number of guanidine groups is 1. The van der Waals surface area contributed by atoms with E-state index in [4.69, 9.17) is 10.5 Å². The van der Waals surface area contributed by atoms with Crippen LogP contribution in [0.2, 0.25) is 0 Å². The molecular weight excluding hydrogens is 214 g/mol. The summed E-state index contributed by atoms with van der Waals surface area (Å²) in [5, 5.41) is 0. The number of hydrogen-bond donors (Lipinski definition) is 1. The zero-order valence-electron chi connectivity index (χ0n) is 10.8. The fraction of sp³-hybridized carbons (Fsp3) is 0.462. The Kier molecular flexibility index (Phi) is 5.33. The van der Waals surface area contributed by atoms with Gasteiger partial charge >= 0.3 is 0 Å². The molecule has 0 aliphatic carbocycles. The van der Waals surface area contributed by atoms with Gasteiger partial charge in [-0.2, -0.15) is 0 Å². The van der Waals surface area contributed by atoms with Crippen molar-refractivity contribution in [3.05, 3.63) is 29.8 Å². The Morgan fingerprint density at radius 3 is 2.76 bits per heavy atom. The van der Waals surface area contributed by atoms with Crippen molar-refractivity contribution in [1.82, 2.24) is 4.90 Å². The summed E-state index contributed by atoms with van der Waals surface area (Å²) in [7, 11) is 3.61. The van der Waals surface area contributed by atoms with Crippen molar-refractivity contribution in [2.75, 3.05) is 20.7 Å². The highest BCUT2D eigenvalue weighted by molar-refractivity contribution is 5.77. The normalized spacial score (nSPS) is 11.4. The summed E-state index contributed by atoms with van der Waals surface area (Å²) in [6, 6.07) is 7.92. The topological polar surface area (TPSA) is 50.8 Å². The molecule has 0 saturated carbocycles. The quantitative estimate of drug-likeness (QED) is 0.626. The Morgan fingerprint density at radius 2 is 2.12 bits per heavy atom. The first kappa shape index (κ1) is 13.4. The highest BCUT2D eigenvalue weighted by Crippen LogP contribution is 2.18. The maximum absolute atomic E-state index is 5.88. The van der Waals surface area contributed by atoms with E-state index in [0.717, 1.165) is 24.3 Å². The molecule has 0 aliphatic rings. The Balaban J connectivity index is 2.70. The third-order valence-electron chi connectivity index (χ3n) is 2.49. The average molecular weight is 235 g/mol. The van der Waals surface area contributed by atoms with E-state index in [1.54, 1.807) is 7.11 Å². The van der Waals surface area contributed by atoms with E-state index in [1.165, 1.54) is 0 Å². The average Bonchev–Trinajstić information content (AvgIpc) is 2.36. The predicted molar refractivity (Wildman–Crippen MR) is 71.2 cm³/mol. The molecule has 0 spiro atoms. The minimum absolute atomic E-state index is 0.567. The van der Waals surface area contributed by atoms with Crippen molar-refractivity contribution in [2.24, 2.45) is 10.7 Å². The van der Waals surface area contributed by atoms with Gasteiger partial charge in [0.1, 0.15) is 5.75 Å². The van der Waals surface area contributed by atoms with Crippen LogP contribution in [0.4, 0.5) is 0 Å². The number of nitrogens with zero attached hydrogens (tertiary/aromatic N) is 2. The smallest absolute Gasteiger partial charge is 0.191 e. The van der Waals surface area contributed by atoms with Crippen LogP contribution in [0.5, 0.6) is 5.75 Å². The molecule has 1 aromatic rings. The summed E-state index contributed by atoms with van der Waals surface area (Å²) in [4.78, 5) is 6.20. The first-order valence-electron chi connectivity index (χ1n) is 5.82. The summed E-state index contributed by atoms with van der Waals surface area (Å²) in [5.74, 6) is 1.44. The number of aliphatic imine (C=N–C) groups is 1. The van der Waals surface area contributed by atoms with Gasteiger partial charge in [-0.25, -0.2) is 0 Å². The van der Waals surface area contributed by atoms with E-state index in [2.05, 4.69) is 11.9 Å². The number of ether oxygens (including phenoxy) is 1. The highest BCUT2D eigenvalue weighted by atomic mass is 16.5. The van der Waals surface area contributed by atoms with Crippen LogP contribution in [-0.4, -0.2) is 31.6 Å². The lowest BCUT2D eigenvalue weighted by atomic mass is 10.2. The number of hydrogen-bond acceptors (Lipinski definition) is 2. The molecule has 0 bridgehead atoms. The first-order valence-corrected chi connectivity index (χ1v) is 5.82. The van der Waals surface area contributed by atoms with Gasteiger partial charge < -0.3 is 15.4 Å². The highest BCUT2D eigenvalue weighted by Gasteiger charge is 2.06. The maximum Gasteiger partial charge on any atom is 0.191 e. The molecule has 0 radical (unpaired) electrons. The third-order valence-corrected chi connectivity index (χ3v) is 2.49. The molecule has 0 unspecified atom stereocenters. The molecule has 17 heavy (non-hydrogen) atoms. The fourth-order valence-corrected chi connectivity index (χ4v) is 1.52. The van der Waals surface area contributed by atoms with Gasteiger partial charge in [0.15, 0.2) is 5.96 Å². The van der Waals surface area contributed by atoms with E-state index in [0.29, 0.717) is 12.5 Å². The molecule has 0 saturated heterocycles. The van der Waals surface area contributed by atoms with Crippen molar-refractivity contribution in [1.29, 1.82) is 0 Å². The van der Waals surface area contributed by atoms with Gasteiger partial charge in [0.05, 0.1) is 7.11 Å². The van der Waals surface area contributed by atoms with Crippen LogP contribution in [0.15, 0.2) is 29.3 Å².